The number of guanidine groups is 1. The number of nitrogens with zero attached hydrogens (tertiary/aromatic N) is 3. The van der Waals surface area contributed by atoms with E-state index in [1.54, 1.807) is 7.11 Å². The molecule has 0 bridgehead atoms. The molecule has 0 radical (unpaired) electrons. The molecule has 0 atom stereocenters. The van der Waals surface area contributed by atoms with Gasteiger partial charge in [-0.15, -0.1) is 24.0 Å². The Balaban J connectivity index is 0.00000300. The predicted octanol–water partition coefficient (Wildman–Crippen LogP) is 3.21. The summed E-state index contributed by atoms with van der Waals surface area (Å²) in [5, 5.41) is 3.65. The summed E-state index contributed by atoms with van der Waals surface area (Å²) in [5.74, 6) is 2.66. The highest BCUT2D eigenvalue weighted by Gasteiger charge is 2.25. The Morgan fingerprint density at radius 2 is 1.66 bits per heavy atom. The molecular weight excluding hydrogens is 479 g/mol. The van der Waals surface area contributed by atoms with Crippen LogP contribution >= 0.6 is 24.0 Å². The van der Waals surface area contributed by atoms with Crippen LogP contribution in [0.1, 0.15) is 51.4 Å². The van der Waals surface area contributed by atoms with Crippen molar-refractivity contribution in [2.24, 2.45) is 16.8 Å². The van der Waals surface area contributed by atoms with Crippen LogP contribution < -0.4 is 5.32 Å². The van der Waals surface area contributed by atoms with Crippen LogP contribution in [0.15, 0.2) is 4.99 Å². The van der Waals surface area contributed by atoms with Gasteiger partial charge in [-0.3, -0.25) is 4.99 Å². The number of nitrogens with one attached hydrogen (secondary N) is 1. The molecule has 0 spiro atoms. The molecule has 6 nitrogen and oxygen atoms in total. The maximum Gasteiger partial charge on any atom is 0.193 e. The van der Waals surface area contributed by atoms with Crippen LogP contribution in [0.25, 0.3) is 0 Å². The molecule has 2 saturated heterocycles. The molecule has 0 unspecified atom stereocenters. The molecule has 29 heavy (non-hydrogen) atoms. The number of methoxy groups -OCH3 is 1. The molecule has 2 heterocycles. The van der Waals surface area contributed by atoms with Crippen molar-refractivity contribution < 1.29 is 9.47 Å². The van der Waals surface area contributed by atoms with Gasteiger partial charge in [0.1, 0.15) is 0 Å². The molecule has 3 fully saturated rings. The molecule has 3 rings (SSSR count). The van der Waals surface area contributed by atoms with Gasteiger partial charge in [-0.25, -0.2) is 0 Å². The molecule has 1 saturated carbocycles. The summed E-state index contributed by atoms with van der Waals surface area (Å²) in [7, 11) is 3.70. The van der Waals surface area contributed by atoms with E-state index in [9.17, 15) is 0 Å². The zero-order chi connectivity index (χ0) is 19.6. The number of likely N-dealkylation sites (tertiary alicyclic amines) is 2. The Kier molecular flexibility index (Phi) is 12.2. The van der Waals surface area contributed by atoms with Crippen LogP contribution in [0.2, 0.25) is 0 Å². The van der Waals surface area contributed by atoms with Gasteiger partial charge in [-0.05, 0) is 63.5 Å². The number of hydrogen-bond donors (Lipinski definition) is 1. The van der Waals surface area contributed by atoms with E-state index in [4.69, 9.17) is 9.47 Å². The van der Waals surface area contributed by atoms with Crippen molar-refractivity contribution in [1.82, 2.24) is 15.1 Å². The van der Waals surface area contributed by atoms with Crippen molar-refractivity contribution >= 4 is 29.9 Å². The number of hydrogen-bond acceptors (Lipinski definition) is 4. The van der Waals surface area contributed by atoms with Gasteiger partial charge in [0.05, 0.1) is 12.7 Å². The maximum atomic E-state index is 6.22. The van der Waals surface area contributed by atoms with Gasteiger partial charge in [-0.2, -0.15) is 0 Å². The lowest BCUT2D eigenvalue weighted by molar-refractivity contribution is 0.000974. The average Bonchev–Trinajstić information content (AvgIpc) is 3.26. The number of piperidine rings is 2. The van der Waals surface area contributed by atoms with Crippen LogP contribution in [0.5, 0.6) is 0 Å². The number of aliphatic imine (C=N–C) groups is 1. The zero-order valence-electron chi connectivity index (χ0n) is 18.6. The molecule has 170 valence electrons. The van der Waals surface area contributed by atoms with Gasteiger partial charge < -0.3 is 24.6 Å². The monoisotopic (exact) mass is 522 g/mol. The van der Waals surface area contributed by atoms with Crippen molar-refractivity contribution in [3.8, 4) is 0 Å². The van der Waals surface area contributed by atoms with Gasteiger partial charge in [0.25, 0.3) is 0 Å². The van der Waals surface area contributed by atoms with Gasteiger partial charge in [0.2, 0.25) is 0 Å². The summed E-state index contributed by atoms with van der Waals surface area (Å²) in [6.45, 7) is 8.45. The minimum atomic E-state index is 0. The van der Waals surface area contributed by atoms with Crippen LogP contribution in [0, 0.1) is 11.8 Å². The average molecular weight is 523 g/mol. The second kappa shape index (κ2) is 14.0. The van der Waals surface area contributed by atoms with Crippen molar-refractivity contribution in [3.05, 3.63) is 0 Å². The molecular formula is C22H43IN4O2. The molecule has 0 aromatic rings. The molecule has 2 aliphatic heterocycles. The fourth-order valence-electron chi connectivity index (χ4n) is 4.89. The van der Waals surface area contributed by atoms with E-state index in [-0.39, 0.29) is 24.0 Å². The van der Waals surface area contributed by atoms with Crippen molar-refractivity contribution in [3.63, 3.8) is 0 Å². The quantitative estimate of drug-likeness (QED) is 0.302. The summed E-state index contributed by atoms with van der Waals surface area (Å²) in [6.07, 6.45) is 10.8. The smallest absolute Gasteiger partial charge is 0.193 e. The van der Waals surface area contributed by atoms with Gasteiger partial charge in [-0.1, -0.05) is 12.8 Å². The first kappa shape index (κ1) is 25.1. The first-order chi connectivity index (χ1) is 13.8. The van der Waals surface area contributed by atoms with E-state index in [0.717, 1.165) is 70.0 Å². The summed E-state index contributed by atoms with van der Waals surface area (Å²) in [6, 6.07) is 0. The molecule has 0 amide bonds. The highest BCUT2D eigenvalue weighted by Crippen LogP contribution is 2.26. The maximum absolute atomic E-state index is 6.22. The lowest BCUT2D eigenvalue weighted by atomic mass is 9.97. The molecule has 3 aliphatic rings. The molecule has 0 aromatic carbocycles. The Morgan fingerprint density at radius 1 is 0.966 bits per heavy atom. The normalized spacial score (nSPS) is 23.4. The number of ether oxygens (including phenoxy) is 2. The standard InChI is InChI=1S/C22H42N4O2.HI/c1-23-22(24-17-19-7-11-25(12-8-19)15-16-27-2)26-13-9-21(10-14-26)28-18-20-5-3-4-6-20;/h19-21H,3-18H2,1-2H3,(H,23,24);1H. The van der Waals surface area contributed by atoms with E-state index < -0.39 is 0 Å². The minimum absolute atomic E-state index is 0. The molecule has 7 heteroatoms. The second-order valence-electron chi connectivity index (χ2n) is 8.88. The van der Waals surface area contributed by atoms with Gasteiger partial charge in [0, 0.05) is 46.9 Å². The van der Waals surface area contributed by atoms with Crippen LogP contribution in [-0.4, -0.2) is 88.5 Å². The lowest BCUT2D eigenvalue weighted by Gasteiger charge is -2.36. The molecule has 0 aromatic heterocycles. The third kappa shape index (κ3) is 8.50. The van der Waals surface area contributed by atoms with E-state index >= 15 is 0 Å². The van der Waals surface area contributed by atoms with E-state index in [0.29, 0.717) is 6.10 Å². The molecule has 1 aliphatic carbocycles. The van der Waals surface area contributed by atoms with Crippen LogP contribution in [0.4, 0.5) is 0 Å². The van der Waals surface area contributed by atoms with Crippen molar-refractivity contribution in [2.45, 2.75) is 57.5 Å². The first-order valence-corrected chi connectivity index (χ1v) is 11.6. The van der Waals surface area contributed by atoms with Crippen molar-refractivity contribution in [2.75, 3.05) is 66.6 Å². The van der Waals surface area contributed by atoms with Crippen LogP contribution in [-0.2, 0) is 9.47 Å². The Morgan fingerprint density at radius 3 is 2.28 bits per heavy atom. The largest absolute Gasteiger partial charge is 0.383 e. The fourth-order valence-corrected chi connectivity index (χ4v) is 4.89. The van der Waals surface area contributed by atoms with E-state index in [1.807, 2.05) is 7.05 Å². The number of halogens is 1. The summed E-state index contributed by atoms with van der Waals surface area (Å²) >= 11 is 0. The summed E-state index contributed by atoms with van der Waals surface area (Å²) in [5.41, 5.74) is 0. The second-order valence-corrected chi connectivity index (χ2v) is 8.88. The third-order valence-corrected chi connectivity index (χ3v) is 6.86. The Hall–Kier alpha value is -0.120. The van der Waals surface area contributed by atoms with Gasteiger partial charge >= 0.3 is 0 Å². The van der Waals surface area contributed by atoms with Crippen LogP contribution in [0.3, 0.4) is 0 Å². The topological polar surface area (TPSA) is 49.3 Å². The minimum Gasteiger partial charge on any atom is -0.383 e. The third-order valence-electron chi connectivity index (χ3n) is 6.86. The van der Waals surface area contributed by atoms with E-state index in [1.165, 1.54) is 51.6 Å². The van der Waals surface area contributed by atoms with E-state index in [2.05, 4.69) is 20.1 Å². The van der Waals surface area contributed by atoms with Gasteiger partial charge in [0.15, 0.2) is 5.96 Å². The SMILES string of the molecule is CN=C(NCC1CCN(CCOC)CC1)N1CCC(OCC2CCCC2)CC1.I. The molecule has 1 N–H and O–H groups in total. The van der Waals surface area contributed by atoms with Crippen molar-refractivity contribution in [1.29, 1.82) is 0 Å². The number of rotatable bonds is 8. The Bertz CT molecular complexity index is 458. The Labute approximate surface area is 195 Å². The summed E-state index contributed by atoms with van der Waals surface area (Å²) < 4.78 is 11.4. The highest BCUT2D eigenvalue weighted by molar-refractivity contribution is 14.0. The first-order valence-electron chi connectivity index (χ1n) is 11.6. The lowest BCUT2D eigenvalue weighted by Crippen LogP contribution is -2.49. The fraction of sp³-hybridized carbons (Fsp3) is 0.955. The summed E-state index contributed by atoms with van der Waals surface area (Å²) in [4.78, 5) is 9.49. The zero-order valence-corrected chi connectivity index (χ0v) is 20.9. The predicted molar refractivity (Wildman–Crippen MR) is 130 cm³/mol. The highest BCUT2D eigenvalue weighted by atomic mass is 127.